The zero-order valence-corrected chi connectivity index (χ0v) is 19.1. The van der Waals surface area contributed by atoms with Crippen LogP contribution in [0.15, 0.2) is 6.07 Å². The standard InChI is InChI=1S/C22H35NO8/c1-5-17-18(6-9-28-13-12-25-2)21(22(24)23-7-10-29-11-8-23)20(31-16-27-4)14-19(17)30-15-26-3/h14H,5-13,15-16H2,1-4H3. The first-order valence-electron chi connectivity index (χ1n) is 10.5. The normalized spacial score (nSPS) is 14.0. The van der Waals surface area contributed by atoms with Gasteiger partial charge in [-0.1, -0.05) is 6.92 Å². The minimum absolute atomic E-state index is 0.0162. The van der Waals surface area contributed by atoms with E-state index in [1.807, 2.05) is 6.92 Å². The number of morpholine rings is 1. The summed E-state index contributed by atoms with van der Waals surface area (Å²) in [4.78, 5) is 15.4. The first-order valence-corrected chi connectivity index (χ1v) is 10.5. The Bertz CT molecular complexity index is 676. The van der Waals surface area contributed by atoms with E-state index in [0.717, 1.165) is 11.1 Å². The molecule has 0 aliphatic carbocycles. The van der Waals surface area contributed by atoms with Gasteiger partial charge in [0.1, 0.15) is 11.5 Å². The van der Waals surface area contributed by atoms with Gasteiger partial charge in [-0.2, -0.15) is 0 Å². The van der Waals surface area contributed by atoms with Crippen molar-refractivity contribution in [1.82, 2.24) is 4.90 Å². The van der Waals surface area contributed by atoms with Crippen molar-refractivity contribution in [3.63, 3.8) is 0 Å². The minimum atomic E-state index is -0.0886. The molecule has 1 aliphatic heterocycles. The summed E-state index contributed by atoms with van der Waals surface area (Å²) in [5.74, 6) is 0.962. The van der Waals surface area contributed by atoms with Crippen LogP contribution < -0.4 is 9.47 Å². The number of amides is 1. The molecule has 31 heavy (non-hydrogen) atoms. The third-order valence-corrected chi connectivity index (χ3v) is 4.93. The quantitative estimate of drug-likeness (QED) is 0.320. The van der Waals surface area contributed by atoms with Crippen LogP contribution in [0.1, 0.15) is 28.4 Å². The van der Waals surface area contributed by atoms with Gasteiger partial charge in [0.2, 0.25) is 0 Å². The predicted molar refractivity (Wildman–Crippen MR) is 114 cm³/mol. The highest BCUT2D eigenvalue weighted by molar-refractivity contribution is 5.99. The van der Waals surface area contributed by atoms with Gasteiger partial charge in [-0.25, -0.2) is 0 Å². The topological polar surface area (TPSA) is 84.9 Å². The summed E-state index contributed by atoms with van der Waals surface area (Å²) in [5.41, 5.74) is 2.32. The number of carbonyl (C=O) groups excluding carboxylic acids is 1. The number of hydrogen-bond acceptors (Lipinski definition) is 8. The zero-order valence-electron chi connectivity index (χ0n) is 19.1. The summed E-state index contributed by atoms with van der Waals surface area (Å²) in [6, 6.07) is 1.75. The fourth-order valence-corrected chi connectivity index (χ4v) is 3.46. The molecule has 1 aromatic carbocycles. The molecule has 0 aromatic heterocycles. The SMILES string of the molecule is CCc1c(OCOC)cc(OCOC)c(C(=O)N2CCOCC2)c1CCOCCOC. The number of ether oxygens (including phenoxy) is 7. The average Bonchev–Trinajstić information content (AvgIpc) is 2.81. The van der Waals surface area contributed by atoms with Gasteiger partial charge in [-0.05, 0) is 24.0 Å². The molecule has 9 heteroatoms. The van der Waals surface area contributed by atoms with Crippen molar-refractivity contribution in [2.45, 2.75) is 19.8 Å². The Hall–Kier alpha value is -1.91. The molecule has 2 rings (SSSR count). The van der Waals surface area contributed by atoms with E-state index in [2.05, 4.69) is 0 Å². The molecular weight excluding hydrogens is 406 g/mol. The molecule has 1 fully saturated rings. The summed E-state index contributed by atoms with van der Waals surface area (Å²) in [7, 11) is 4.74. The third kappa shape index (κ3) is 7.33. The fraction of sp³-hybridized carbons (Fsp3) is 0.682. The van der Waals surface area contributed by atoms with E-state index >= 15 is 0 Å². The zero-order chi connectivity index (χ0) is 22.5. The molecule has 0 atom stereocenters. The smallest absolute Gasteiger partial charge is 0.258 e. The molecule has 0 radical (unpaired) electrons. The average molecular weight is 442 g/mol. The Balaban J connectivity index is 2.47. The fourth-order valence-electron chi connectivity index (χ4n) is 3.46. The predicted octanol–water partition coefficient (Wildman–Crippen LogP) is 1.89. The minimum Gasteiger partial charge on any atom is -0.467 e. The van der Waals surface area contributed by atoms with E-state index in [0.29, 0.717) is 76.0 Å². The van der Waals surface area contributed by atoms with Crippen molar-refractivity contribution in [3.05, 3.63) is 22.8 Å². The lowest BCUT2D eigenvalue weighted by Crippen LogP contribution is -2.41. The second-order valence-electron chi connectivity index (χ2n) is 6.92. The van der Waals surface area contributed by atoms with Crippen molar-refractivity contribution >= 4 is 5.91 Å². The highest BCUT2D eigenvalue weighted by Gasteiger charge is 2.28. The van der Waals surface area contributed by atoms with E-state index in [1.54, 1.807) is 25.2 Å². The van der Waals surface area contributed by atoms with Crippen LogP contribution in [0.2, 0.25) is 0 Å². The first kappa shape index (κ1) is 25.4. The van der Waals surface area contributed by atoms with Crippen molar-refractivity contribution in [3.8, 4) is 11.5 Å². The maximum atomic E-state index is 13.6. The Kier molecular flexibility index (Phi) is 11.6. The largest absolute Gasteiger partial charge is 0.467 e. The van der Waals surface area contributed by atoms with Gasteiger partial charge in [-0.15, -0.1) is 0 Å². The van der Waals surface area contributed by atoms with Crippen LogP contribution in [0.4, 0.5) is 0 Å². The number of methoxy groups -OCH3 is 3. The number of hydrogen-bond donors (Lipinski definition) is 0. The van der Waals surface area contributed by atoms with Crippen LogP contribution in [-0.2, 0) is 36.5 Å². The van der Waals surface area contributed by atoms with Crippen molar-refractivity contribution < 1.29 is 38.0 Å². The Labute approximate surface area is 184 Å². The monoisotopic (exact) mass is 441 g/mol. The van der Waals surface area contributed by atoms with E-state index < -0.39 is 0 Å². The summed E-state index contributed by atoms with van der Waals surface area (Å²) < 4.78 is 38.0. The molecule has 176 valence electrons. The van der Waals surface area contributed by atoms with Crippen LogP contribution in [0.25, 0.3) is 0 Å². The maximum Gasteiger partial charge on any atom is 0.258 e. The molecule has 0 spiro atoms. The van der Waals surface area contributed by atoms with Gasteiger partial charge in [0, 0.05) is 40.5 Å². The number of benzene rings is 1. The molecule has 1 heterocycles. The molecule has 0 bridgehead atoms. The molecule has 1 saturated heterocycles. The molecule has 1 aromatic rings. The van der Waals surface area contributed by atoms with Crippen LogP contribution in [0.5, 0.6) is 11.5 Å². The summed E-state index contributed by atoms with van der Waals surface area (Å²) in [6.07, 6.45) is 1.21. The van der Waals surface area contributed by atoms with Gasteiger partial charge in [-0.3, -0.25) is 4.79 Å². The molecule has 9 nitrogen and oxygen atoms in total. The molecule has 0 N–H and O–H groups in total. The lowest BCUT2D eigenvalue weighted by atomic mass is 9.93. The van der Waals surface area contributed by atoms with E-state index in [9.17, 15) is 4.79 Å². The summed E-state index contributed by atoms with van der Waals surface area (Å²) in [6.45, 7) is 5.69. The summed E-state index contributed by atoms with van der Waals surface area (Å²) >= 11 is 0. The van der Waals surface area contributed by atoms with E-state index in [1.165, 1.54) is 7.11 Å². The Morgan fingerprint density at radius 2 is 1.61 bits per heavy atom. The number of rotatable bonds is 14. The van der Waals surface area contributed by atoms with Crippen LogP contribution in [0.3, 0.4) is 0 Å². The molecule has 0 unspecified atom stereocenters. The van der Waals surface area contributed by atoms with Gasteiger partial charge in [0.15, 0.2) is 13.6 Å². The highest BCUT2D eigenvalue weighted by atomic mass is 16.7. The van der Waals surface area contributed by atoms with Crippen LogP contribution in [-0.4, -0.2) is 91.8 Å². The van der Waals surface area contributed by atoms with Crippen molar-refractivity contribution in [1.29, 1.82) is 0 Å². The molecule has 0 saturated carbocycles. The summed E-state index contributed by atoms with van der Waals surface area (Å²) in [5, 5.41) is 0. The molecule has 1 aliphatic rings. The lowest BCUT2D eigenvalue weighted by molar-refractivity contribution is 0.0281. The van der Waals surface area contributed by atoms with Crippen LogP contribution >= 0.6 is 0 Å². The van der Waals surface area contributed by atoms with Gasteiger partial charge >= 0.3 is 0 Å². The molecule has 1 amide bonds. The first-order chi connectivity index (χ1) is 15.2. The second kappa shape index (κ2) is 14.2. The number of carbonyl (C=O) groups is 1. The lowest BCUT2D eigenvalue weighted by Gasteiger charge is -2.29. The highest BCUT2D eigenvalue weighted by Crippen LogP contribution is 2.36. The molecular formula is C22H35NO8. The van der Waals surface area contributed by atoms with Gasteiger partial charge < -0.3 is 38.1 Å². The third-order valence-electron chi connectivity index (χ3n) is 4.93. The number of nitrogens with zero attached hydrogens (tertiary/aromatic N) is 1. The van der Waals surface area contributed by atoms with E-state index in [-0.39, 0.29) is 19.5 Å². The Morgan fingerprint density at radius 1 is 0.935 bits per heavy atom. The Morgan fingerprint density at radius 3 is 2.23 bits per heavy atom. The van der Waals surface area contributed by atoms with E-state index in [4.69, 9.17) is 33.2 Å². The second-order valence-corrected chi connectivity index (χ2v) is 6.92. The van der Waals surface area contributed by atoms with Crippen molar-refractivity contribution in [2.24, 2.45) is 0 Å². The van der Waals surface area contributed by atoms with Crippen molar-refractivity contribution in [2.75, 3.05) is 81.0 Å². The maximum absolute atomic E-state index is 13.6. The van der Waals surface area contributed by atoms with Crippen LogP contribution in [0, 0.1) is 0 Å². The van der Waals surface area contributed by atoms with Gasteiger partial charge in [0.25, 0.3) is 5.91 Å². The van der Waals surface area contributed by atoms with Gasteiger partial charge in [0.05, 0.1) is 38.6 Å².